The third-order valence-corrected chi connectivity index (χ3v) is 4.52. The maximum atomic E-state index is 11.3. The van der Waals surface area contributed by atoms with E-state index >= 15 is 0 Å². The van der Waals surface area contributed by atoms with Gasteiger partial charge in [-0.25, -0.2) is 10.8 Å². The number of hydrogen-bond acceptors (Lipinski definition) is 5. The van der Waals surface area contributed by atoms with E-state index in [4.69, 9.17) is 10.6 Å². The number of thiazole rings is 1. The molecule has 0 aliphatic heterocycles. The van der Waals surface area contributed by atoms with Gasteiger partial charge in [0.25, 0.3) is 5.91 Å². The molecule has 0 unspecified atom stereocenters. The van der Waals surface area contributed by atoms with Gasteiger partial charge in [0.15, 0.2) is 5.01 Å². The zero-order chi connectivity index (χ0) is 13.9. The van der Waals surface area contributed by atoms with Crippen molar-refractivity contribution >= 4 is 17.2 Å². The maximum absolute atomic E-state index is 11.3. The summed E-state index contributed by atoms with van der Waals surface area (Å²) in [6, 6.07) is 0. The number of rotatable bonds is 4. The molecule has 1 amide bonds. The van der Waals surface area contributed by atoms with Gasteiger partial charge >= 0.3 is 0 Å². The van der Waals surface area contributed by atoms with Crippen LogP contribution in [0.4, 0.5) is 0 Å². The number of hydrogen-bond donors (Lipinski definition) is 2. The van der Waals surface area contributed by atoms with E-state index < -0.39 is 0 Å². The first kappa shape index (κ1) is 14.4. The minimum absolute atomic E-state index is 0.321. The Hall–Kier alpha value is -0.980. The highest BCUT2D eigenvalue weighted by atomic mass is 32.1. The highest BCUT2D eigenvalue weighted by Crippen LogP contribution is 2.36. The molecule has 0 aromatic carbocycles. The fourth-order valence-electron chi connectivity index (χ4n) is 2.28. The summed E-state index contributed by atoms with van der Waals surface area (Å²) < 4.78 is 5.87. The molecule has 1 fully saturated rings. The molecule has 0 spiro atoms. The van der Waals surface area contributed by atoms with E-state index in [0.717, 1.165) is 18.5 Å². The Labute approximate surface area is 117 Å². The van der Waals surface area contributed by atoms with Crippen LogP contribution >= 0.6 is 11.3 Å². The van der Waals surface area contributed by atoms with Gasteiger partial charge in [0, 0.05) is 5.38 Å². The van der Waals surface area contributed by atoms with Gasteiger partial charge in [0.2, 0.25) is 0 Å². The zero-order valence-corrected chi connectivity index (χ0v) is 12.3. The van der Waals surface area contributed by atoms with Gasteiger partial charge in [-0.1, -0.05) is 13.8 Å². The van der Waals surface area contributed by atoms with Crippen molar-refractivity contribution in [3.05, 3.63) is 16.1 Å². The summed E-state index contributed by atoms with van der Waals surface area (Å²) in [5, 5.41) is 2.23. The summed E-state index contributed by atoms with van der Waals surface area (Å²) in [6.07, 6.45) is 4.94. The highest BCUT2D eigenvalue weighted by molar-refractivity contribution is 7.11. The van der Waals surface area contributed by atoms with Gasteiger partial charge in [-0.2, -0.15) is 0 Å². The first-order valence-corrected chi connectivity index (χ1v) is 7.45. The number of nitrogens with one attached hydrogen (secondary N) is 1. The number of nitrogens with two attached hydrogens (primary N) is 1. The molecule has 6 heteroatoms. The average Bonchev–Trinajstić information content (AvgIpc) is 2.85. The maximum Gasteiger partial charge on any atom is 0.294 e. The van der Waals surface area contributed by atoms with Gasteiger partial charge in [-0.05, 0) is 31.1 Å². The molecule has 106 valence electrons. The van der Waals surface area contributed by atoms with Gasteiger partial charge in [-0.15, -0.1) is 11.3 Å². The smallest absolute Gasteiger partial charge is 0.294 e. The van der Waals surface area contributed by atoms with E-state index in [2.05, 4.69) is 24.3 Å². The number of amides is 1. The molecule has 2 rings (SSSR count). The standard InChI is InChI=1S/C13H21N3O2S/c1-13(2)5-3-10(4-6-13)18-7-9-8-19-12(15-9)11(17)16-14/h8,10H,3-7,14H2,1-2H3,(H,16,17). The van der Waals surface area contributed by atoms with Gasteiger partial charge < -0.3 is 4.74 Å². The number of nitrogen functional groups attached to an aromatic ring is 1. The predicted molar refractivity (Wildman–Crippen MR) is 74.6 cm³/mol. The number of carbonyl (C=O) groups excluding carboxylic acids is 1. The second kappa shape index (κ2) is 5.98. The van der Waals surface area contributed by atoms with E-state index in [9.17, 15) is 4.79 Å². The molecule has 0 atom stereocenters. The van der Waals surface area contributed by atoms with E-state index in [-0.39, 0.29) is 5.91 Å². The number of aromatic nitrogens is 1. The molecular weight excluding hydrogens is 262 g/mol. The van der Waals surface area contributed by atoms with Crippen molar-refractivity contribution in [3.8, 4) is 0 Å². The molecule has 5 nitrogen and oxygen atoms in total. The lowest BCUT2D eigenvalue weighted by Crippen LogP contribution is -2.29. The molecule has 0 bridgehead atoms. The van der Waals surface area contributed by atoms with Crippen LogP contribution in [0.25, 0.3) is 0 Å². The van der Waals surface area contributed by atoms with Crippen LogP contribution in [0, 0.1) is 5.41 Å². The molecule has 1 heterocycles. The van der Waals surface area contributed by atoms with Crippen molar-refractivity contribution < 1.29 is 9.53 Å². The first-order chi connectivity index (χ1) is 9.00. The Balaban J connectivity index is 1.80. The Morgan fingerprint density at radius 2 is 2.26 bits per heavy atom. The molecule has 19 heavy (non-hydrogen) atoms. The lowest BCUT2D eigenvalue weighted by molar-refractivity contribution is -0.00672. The van der Waals surface area contributed by atoms with E-state index in [1.165, 1.54) is 24.2 Å². The van der Waals surface area contributed by atoms with Crippen LogP contribution in [0.3, 0.4) is 0 Å². The van der Waals surface area contributed by atoms with Crippen LogP contribution < -0.4 is 11.3 Å². The van der Waals surface area contributed by atoms with Crippen molar-refractivity contribution in [1.29, 1.82) is 0 Å². The second-order valence-corrected chi connectivity index (χ2v) is 6.65. The number of carbonyl (C=O) groups is 1. The minimum atomic E-state index is -0.351. The summed E-state index contributed by atoms with van der Waals surface area (Å²) in [4.78, 5) is 15.5. The third-order valence-electron chi connectivity index (χ3n) is 3.63. The minimum Gasteiger partial charge on any atom is -0.372 e. The fraction of sp³-hybridized carbons (Fsp3) is 0.692. The van der Waals surface area contributed by atoms with Crippen LogP contribution in [0.5, 0.6) is 0 Å². The fourth-order valence-corrected chi connectivity index (χ4v) is 2.99. The molecule has 1 saturated carbocycles. The molecule has 1 aliphatic rings. The van der Waals surface area contributed by atoms with Gasteiger partial charge in [0.05, 0.1) is 18.4 Å². The van der Waals surface area contributed by atoms with Crippen LogP contribution in [0.1, 0.15) is 55.0 Å². The molecule has 1 aromatic heterocycles. The Kier molecular flexibility index (Phi) is 4.54. The normalized spacial score (nSPS) is 19.3. The first-order valence-electron chi connectivity index (χ1n) is 6.57. The number of ether oxygens (including phenoxy) is 1. The topological polar surface area (TPSA) is 77.2 Å². The lowest BCUT2D eigenvalue weighted by Gasteiger charge is -2.34. The summed E-state index contributed by atoms with van der Waals surface area (Å²) in [5.41, 5.74) is 3.33. The molecule has 0 saturated heterocycles. The summed E-state index contributed by atoms with van der Waals surface area (Å²) >= 11 is 1.29. The SMILES string of the molecule is CC1(C)CCC(OCc2csc(C(=O)NN)n2)CC1. The van der Waals surface area contributed by atoms with Crippen molar-refractivity contribution in [2.45, 2.75) is 52.2 Å². The Morgan fingerprint density at radius 1 is 1.58 bits per heavy atom. The molecule has 1 aliphatic carbocycles. The number of nitrogens with zero attached hydrogens (tertiary/aromatic N) is 1. The summed E-state index contributed by atoms with van der Waals surface area (Å²) in [6.45, 7) is 5.09. The van der Waals surface area contributed by atoms with Gasteiger partial charge in [0.1, 0.15) is 0 Å². The second-order valence-electron chi connectivity index (χ2n) is 5.79. The summed E-state index contributed by atoms with van der Waals surface area (Å²) in [5.74, 6) is 4.71. The van der Waals surface area contributed by atoms with Crippen molar-refractivity contribution in [2.24, 2.45) is 11.3 Å². The molecule has 0 radical (unpaired) electrons. The zero-order valence-electron chi connectivity index (χ0n) is 11.4. The quantitative estimate of drug-likeness (QED) is 0.504. The van der Waals surface area contributed by atoms with Crippen molar-refractivity contribution in [2.75, 3.05) is 0 Å². The van der Waals surface area contributed by atoms with Crippen LogP contribution in [0.15, 0.2) is 5.38 Å². The molecular formula is C13H21N3O2S. The number of hydrazine groups is 1. The van der Waals surface area contributed by atoms with E-state index in [1.807, 2.05) is 5.38 Å². The van der Waals surface area contributed by atoms with Crippen molar-refractivity contribution in [1.82, 2.24) is 10.4 Å². The Bertz CT molecular complexity index is 435. The van der Waals surface area contributed by atoms with Crippen LogP contribution in [-0.4, -0.2) is 17.0 Å². The van der Waals surface area contributed by atoms with Crippen molar-refractivity contribution in [3.63, 3.8) is 0 Å². The van der Waals surface area contributed by atoms with E-state index in [1.54, 1.807) is 0 Å². The van der Waals surface area contributed by atoms with Crippen LogP contribution in [-0.2, 0) is 11.3 Å². The third kappa shape index (κ3) is 3.99. The average molecular weight is 283 g/mol. The molecule has 3 N–H and O–H groups in total. The van der Waals surface area contributed by atoms with Gasteiger partial charge in [-0.3, -0.25) is 10.2 Å². The van der Waals surface area contributed by atoms with E-state index in [0.29, 0.717) is 23.1 Å². The highest BCUT2D eigenvalue weighted by Gasteiger charge is 2.27. The lowest BCUT2D eigenvalue weighted by atomic mass is 9.76. The summed E-state index contributed by atoms with van der Waals surface area (Å²) in [7, 11) is 0. The Morgan fingerprint density at radius 3 is 2.89 bits per heavy atom. The monoisotopic (exact) mass is 283 g/mol. The van der Waals surface area contributed by atoms with Crippen LogP contribution in [0.2, 0.25) is 0 Å². The largest absolute Gasteiger partial charge is 0.372 e. The molecule has 1 aromatic rings. The predicted octanol–water partition coefficient (Wildman–Crippen LogP) is 2.23.